The molecular weight excluding hydrogens is 728 g/mol. The van der Waals surface area contributed by atoms with Crippen molar-refractivity contribution in [2.45, 2.75) is 0 Å². The predicted octanol–water partition coefficient (Wildman–Crippen LogP) is 14.9. The molecule has 0 bridgehead atoms. The fourth-order valence-electron chi connectivity index (χ4n) is 9.27. The molecule has 0 fully saturated rings. The van der Waals surface area contributed by atoms with Crippen LogP contribution in [0, 0.1) is 0 Å². The van der Waals surface area contributed by atoms with E-state index in [9.17, 15) is 0 Å². The van der Waals surface area contributed by atoms with Gasteiger partial charge in [0, 0.05) is 22.3 Å². The van der Waals surface area contributed by atoms with Crippen LogP contribution in [-0.2, 0) is 4.57 Å². The summed E-state index contributed by atoms with van der Waals surface area (Å²) in [5.41, 5.74) is 5.43. The van der Waals surface area contributed by atoms with Gasteiger partial charge >= 0.3 is 7.60 Å². The van der Waals surface area contributed by atoms with Crippen molar-refractivity contribution in [1.29, 1.82) is 0 Å². The van der Waals surface area contributed by atoms with Crippen LogP contribution in [0.25, 0.3) is 98.0 Å². The van der Waals surface area contributed by atoms with Gasteiger partial charge in [0.2, 0.25) is 0 Å². The Morgan fingerprint density at radius 2 is 0.603 bits per heavy atom. The molecule has 58 heavy (non-hydrogen) atoms. The third-order valence-electron chi connectivity index (χ3n) is 11.9. The predicted molar refractivity (Wildman–Crippen MR) is 243 cm³/mol. The highest BCUT2D eigenvalue weighted by Gasteiger charge is 2.40. The summed E-state index contributed by atoms with van der Waals surface area (Å²) >= 11 is 0. The Morgan fingerprint density at radius 1 is 0.293 bits per heavy atom. The SMILES string of the molecule is O=P1(c2ccccc2)Oc2c(-c3cc4ccccc4c4ccccc34)cc3ccccc3c2-c2c(c(-c3cc4ccccc4c4ccccc34)cc3ccccc23)O1. The third kappa shape index (κ3) is 4.91. The van der Waals surface area contributed by atoms with Crippen molar-refractivity contribution in [2.75, 3.05) is 0 Å². The molecule has 0 radical (unpaired) electrons. The number of rotatable bonds is 3. The van der Waals surface area contributed by atoms with Gasteiger partial charge in [-0.2, -0.15) is 0 Å². The van der Waals surface area contributed by atoms with Gasteiger partial charge in [0.1, 0.15) is 11.5 Å². The van der Waals surface area contributed by atoms with E-state index < -0.39 is 7.60 Å². The molecule has 1 aliphatic rings. The summed E-state index contributed by atoms with van der Waals surface area (Å²) in [5, 5.41) is 13.6. The number of fused-ring (bicyclic) bond motifs is 13. The maximum atomic E-state index is 16.1. The van der Waals surface area contributed by atoms with Crippen LogP contribution in [0.2, 0.25) is 0 Å². The highest BCUT2D eigenvalue weighted by Crippen LogP contribution is 2.63. The average molecular weight is 761 g/mol. The van der Waals surface area contributed by atoms with E-state index in [2.05, 4.69) is 170 Å². The van der Waals surface area contributed by atoms with Crippen molar-refractivity contribution in [2.24, 2.45) is 0 Å². The first-order valence-corrected chi connectivity index (χ1v) is 21.2. The molecular formula is C54H33O3P. The first-order chi connectivity index (χ1) is 28.6. The average Bonchev–Trinajstić information content (AvgIpc) is 3.43. The molecule has 1 aliphatic heterocycles. The Balaban J connectivity index is 1.30. The topological polar surface area (TPSA) is 35.5 Å². The highest BCUT2D eigenvalue weighted by molar-refractivity contribution is 7.63. The molecule has 11 aromatic rings. The maximum Gasteiger partial charge on any atom is 0.462 e. The van der Waals surface area contributed by atoms with Crippen LogP contribution in [0.4, 0.5) is 0 Å². The summed E-state index contributed by atoms with van der Waals surface area (Å²) in [6.07, 6.45) is 0. The minimum Gasteiger partial charge on any atom is -0.411 e. The minimum absolute atomic E-state index is 0.485. The third-order valence-corrected chi connectivity index (χ3v) is 13.6. The van der Waals surface area contributed by atoms with Gasteiger partial charge in [-0.25, -0.2) is 4.57 Å². The zero-order chi connectivity index (χ0) is 38.4. The quantitative estimate of drug-likeness (QED) is 0.133. The zero-order valence-corrected chi connectivity index (χ0v) is 32.1. The van der Waals surface area contributed by atoms with Crippen LogP contribution >= 0.6 is 7.60 Å². The van der Waals surface area contributed by atoms with Gasteiger partial charge < -0.3 is 9.05 Å². The molecule has 0 aliphatic carbocycles. The molecule has 4 heteroatoms. The van der Waals surface area contributed by atoms with E-state index >= 15 is 4.57 Å². The standard InChI is InChI=1S/C54H33O3P/c55-58(38-20-2-1-3-21-38)56-53-49(47-30-34-16-4-8-22-39(34)43-26-12-14-28-45(43)47)32-36-18-6-10-24-41(36)51(53)52-42-25-11-7-19-37(42)33-50(54(52)57-58)48-31-35-17-5-9-23-40(35)44-27-13-15-29-46(44)48/h1-33H. The minimum atomic E-state index is -4.14. The molecule has 12 rings (SSSR count). The molecule has 0 saturated heterocycles. The van der Waals surface area contributed by atoms with E-state index in [0.29, 0.717) is 16.8 Å². The van der Waals surface area contributed by atoms with Gasteiger partial charge in [-0.05, 0) is 112 Å². The van der Waals surface area contributed by atoms with E-state index in [1.165, 1.54) is 10.8 Å². The van der Waals surface area contributed by atoms with Crippen molar-refractivity contribution in [1.82, 2.24) is 0 Å². The summed E-state index contributed by atoms with van der Waals surface area (Å²) in [6, 6.07) is 69.3. The largest absolute Gasteiger partial charge is 0.462 e. The number of hydrogen-bond acceptors (Lipinski definition) is 3. The fraction of sp³-hybridized carbons (Fsp3) is 0. The van der Waals surface area contributed by atoms with E-state index in [1.54, 1.807) is 0 Å². The maximum absolute atomic E-state index is 16.1. The van der Waals surface area contributed by atoms with Crippen LogP contribution in [-0.4, -0.2) is 0 Å². The lowest BCUT2D eigenvalue weighted by atomic mass is 9.84. The molecule has 11 aromatic carbocycles. The monoisotopic (exact) mass is 760 g/mol. The Labute approximate surface area is 334 Å². The smallest absolute Gasteiger partial charge is 0.411 e. The second-order valence-corrected chi connectivity index (χ2v) is 17.0. The Kier molecular flexibility index (Phi) is 7.20. The summed E-state index contributed by atoms with van der Waals surface area (Å²) in [7, 11) is -4.14. The van der Waals surface area contributed by atoms with Gasteiger partial charge in [-0.1, -0.05) is 164 Å². The number of hydrogen-bond donors (Lipinski definition) is 0. The molecule has 0 saturated carbocycles. The van der Waals surface area contributed by atoms with Crippen LogP contribution in [0.5, 0.6) is 11.5 Å². The Morgan fingerprint density at radius 3 is 1.03 bits per heavy atom. The van der Waals surface area contributed by atoms with Crippen LogP contribution < -0.4 is 14.4 Å². The van der Waals surface area contributed by atoms with Gasteiger partial charge in [-0.15, -0.1) is 0 Å². The van der Waals surface area contributed by atoms with Crippen molar-refractivity contribution in [3.05, 3.63) is 200 Å². The van der Waals surface area contributed by atoms with E-state index in [4.69, 9.17) is 9.05 Å². The van der Waals surface area contributed by atoms with Crippen molar-refractivity contribution < 1.29 is 13.6 Å². The molecule has 0 spiro atoms. The molecule has 0 N–H and O–H groups in total. The molecule has 0 aromatic heterocycles. The van der Waals surface area contributed by atoms with Crippen LogP contribution in [0.3, 0.4) is 0 Å². The lowest BCUT2D eigenvalue weighted by molar-refractivity contribution is 0.406. The van der Waals surface area contributed by atoms with Crippen molar-refractivity contribution in [3.8, 4) is 44.9 Å². The first kappa shape index (κ1) is 33.0. The van der Waals surface area contributed by atoms with Crippen LogP contribution in [0.1, 0.15) is 0 Å². The van der Waals surface area contributed by atoms with Crippen molar-refractivity contribution in [3.63, 3.8) is 0 Å². The van der Waals surface area contributed by atoms with Gasteiger partial charge in [-0.3, -0.25) is 0 Å². The number of benzene rings is 11. The molecule has 0 amide bonds. The molecule has 272 valence electrons. The summed E-state index contributed by atoms with van der Waals surface area (Å²) in [4.78, 5) is 0. The Hall–Kier alpha value is -7.19. The second kappa shape index (κ2) is 12.7. The molecule has 3 nitrogen and oxygen atoms in total. The van der Waals surface area contributed by atoms with E-state index in [-0.39, 0.29) is 0 Å². The lowest BCUT2D eigenvalue weighted by Crippen LogP contribution is -2.14. The first-order valence-electron chi connectivity index (χ1n) is 19.6. The van der Waals surface area contributed by atoms with E-state index in [0.717, 1.165) is 87.2 Å². The van der Waals surface area contributed by atoms with Crippen molar-refractivity contribution >= 4 is 77.5 Å². The van der Waals surface area contributed by atoms with Gasteiger partial charge in [0.25, 0.3) is 0 Å². The molecule has 0 unspecified atom stereocenters. The summed E-state index contributed by atoms with van der Waals surface area (Å²) < 4.78 is 30.5. The Bertz CT molecular complexity index is 3340. The van der Waals surface area contributed by atoms with Gasteiger partial charge in [0.05, 0.1) is 5.30 Å². The zero-order valence-electron chi connectivity index (χ0n) is 31.2. The molecule has 0 atom stereocenters. The second-order valence-electron chi connectivity index (χ2n) is 15.1. The summed E-state index contributed by atoms with van der Waals surface area (Å²) in [5.74, 6) is 1.08. The lowest BCUT2D eigenvalue weighted by Gasteiger charge is -2.22. The fourth-order valence-corrected chi connectivity index (χ4v) is 10.9. The van der Waals surface area contributed by atoms with E-state index in [1.807, 2.05) is 30.3 Å². The van der Waals surface area contributed by atoms with Gasteiger partial charge in [0.15, 0.2) is 0 Å². The van der Waals surface area contributed by atoms with Crippen LogP contribution in [0.15, 0.2) is 200 Å². The molecule has 1 heterocycles. The normalized spacial score (nSPS) is 13.3. The highest BCUT2D eigenvalue weighted by atomic mass is 31.2. The summed E-state index contributed by atoms with van der Waals surface area (Å²) in [6.45, 7) is 0.